The number of nitrogens with zero attached hydrogens (tertiary/aromatic N) is 3. The molecule has 1 aromatic carbocycles. The van der Waals surface area contributed by atoms with Crippen molar-refractivity contribution in [3.63, 3.8) is 0 Å². The molecule has 0 saturated heterocycles. The lowest BCUT2D eigenvalue weighted by Gasteiger charge is -2.09. The molecular weight excluding hydrogens is 272 g/mol. The van der Waals surface area contributed by atoms with Crippen LogP contribution in [-0.4, -0.2) is 14.9 Å². The van der Waals surface area contributed by atoms with Gasteiger partial charge in [-0.2, -0.15) is 4.98 Å². The van der Waals surface area contributed by atoms with Crippen molar-refractivity contribution < 1.29 is 9.66 Å². The monoisotopic (exact) mass is 280 g/mol. The number of hydrogen-bond donors (Lipinski definition) is 1. The van der Waals surface area contributed by atoms with Gasteiger partial charge in [-0.25, -0.2) is 4.98 Å². The maximum absolute atomic E-state index is 11.0. The highest BCUT2D eigenvalue weighted by Crippen LogP contribution is 2.36. The Balaban J connectivity index is 2.49. The molecular formula is C11H9ClN4O3. The number of nitro benzene ring substituents is 1. The first-order chi connectivity index (χ1) is 9.00. The highest BCUT2D eigenvalue weighted by atomic mass is 35.5. The van der Waals surface area contributed by atoms with E-state index in [0.717, 1.165) is 6.33 Å². The fourth-order valence-corrected chi connectivity index (χ4v) is 1.58. The second-order valence-electron chi connectivity index (χ2n) is 3.67. The van der Waals surface area contributed by atoms with Crippen LogP contribution in [0.5, 0.6) is 11.6 Å². The Morgan fingerprint density at radius 2 is 2.16 bits per heavy atom. The van der Waals surface area contributed by atoms with Crippen LogP contribution in [-0.2, 0) is 0 Å². The standard InChI is InChI=1S/C11H9ClN4O3/c1-6-3-2-4-7(16(17)18)9(6)19-11-8(13)10(12)14-5-15-11/h2-5H,13H2,1H3. The number of halogens is 1. The summed E-state index contributed by atoms with van der Waals surface area (Å²) in [6.45, 7) is 1.68. The van der Waals surface area contributed by atoms with Crippen LogP contribution in [0.25, 0.3) is 0 Å². The Hall–Kier alpha value is -2.41. The van der Waals surface area contributed by atoms with E-state index in [9.17, 15) is 10.1 Å². The minimum absolute atomic E-state index is 0.0163. The van der Waals surface area contributed by atoms with Crippen LogP contribution in [0.3, 0.4) is 0 Å². The number of aromatic nitrogens is 2. The Kier molecular flexibility index (Phi) is 3.48. The number of nitrogen functional groups attached to an aromatic ring is 1. The van der Waals surface area contributed by atoms with Crippen LogP contribution < -0.4 is 10.5 Å². The summed E-state index contributed by atoms with van der Waals surface area (Å²) >= 11 is 5.73. The second-order valence-corrected chi connectivity index (χ2v) is 4.02. The minimum Gasteiger partial charge on any atom is -0.429 e. The highest BCUT2D eigenvalue weighted by molar-refractivity contribution is 6.32. The lowest BCUT2D eigenvalue weighted by atomic mass is 10.2. The van der Waals surface area contributed by atoms with Gasteiger partial charge in [-0.05, 0) is 12.5 Å². The van der Waals surface area contributed by atoms with Crippen molar-refractivity contribution in [3.8, 4) is 11.6 Å². The molecule has 7 nitrogen and oxygen atoms in total. The van der Waals surface area contributed by atoms with E-state index in [1.165, 1.54) is 6.07 Å². The number of nitrogens with two attached hydrogens (primary N) is 1. The molecule has 19 heavy (non-hydrogen) atoms. The average molecular weight is 281 g/mol. The summed E-state index contributed by atoms with van der Waals surface area (Å²) < 4.78 is 5.41. The molecule has 0 bridgehead atoms. The molecule has 0 radical (unpaired) electrons. The summed E-state index contributed by atoms with van der Waals surface area (Å²) in [5.74, 6) is 0.0615. The van der Waals surface area contributed by atoms with Crippen molar-refractivity contribution in [2.75, 3.05) is 5.73 Å². The van der Waals surface area contributed by atoms with E-state index >= 15 is 0 Å². The molecule has 0 fully saturated rings. The molecule has 2 rings (SSSR count). The van der Waals surface area contributed by atoms with E-state index in [4.69, 9.17) is 22.1 Å². The largest absolute Gasteiger partial charge is 0.429 e. The molecule has 0 aliphatic rings. The van der Waals surface area contributed by atoms with Gasteiger partial charge >= 0.3 is 5.69 Å². The summed E-state index contributed by atoms with van der Waals surface area (Å²) in [7, 11) is 0. The summed E-state index contributed by atoms with van der Waals surface area (Å²) in [4.78, 5) is 17.9. The van der Waals surface area contributed by atoms with Crippen molar-refractivity contribution in [2.45, 2.75) is 6.92 Å². The predicted octanol–water partition coefficient (Wildman–Crippen LogP) is 2.72. The zero-order chi connectivity index (χ0) is 14.0. The number of nitro groups is 1. The lowest BCUT2D eigenvalue weighted by molar-refractivity contribution is -0.385. The van der Waals surface area contributed by atoms with Gasteiger partial charge in [0.15, 0.2) is 5.15 Å². The molecule has 1 aromatic heterocycles. The molecule has 0 amide bonds. The summed E-state index contributed by atoms with van der Waals surface area (Å²) in [6.07, 6.45) is 1.16. The van der Waals surface area contributed by atoms with Crippen molar-refractivity contribution in [2.24, 2.45) is 0 Å². The Bertz CT molecular complexity index is 648. The zero-order valence-corrected chi connectivity index (χ0v) is 10.6. The molecule has 0 atom stereocenters. The van der Waals surface area contributed by atoms with E-state index in [1.54, 1.807) is 19.1 Å². The van der Waals surface area contributed by atoms with Gasteiger partial charge in [0.1, 0.15) is 12.0 Å². The highest BCUT2D eigenvalue weighted by Gasteiger charge is 2.20. The quantitative estimate of drug-likeness (QED) is 0.526. The molecule has 1 heterocycles. The Morgan fingerprint density at radius 3 is 2.84 bits per heavy atom. The Morgan fingerprint density at radius 1 is 1.42 bits per heavy atom. The van der Waals surface area contributed by atoms with Crippen LogP contribution >= 0.6 is 11.6 Å². The van der Waals surface area contributed by atoms with E-state index in [1.807, 2.05) is 0 Å². The van der Waals surface area contributed by atoms with E-state index in [0.29, 0.717) is 5.56 Å². The summed E-state index contributed by atoms with van der Waals surface area (Å²) in [5.41, 5.74) is 6.10. The molecule has 0 saturated carbocycles. The fourth-order valence-electron chi connectivity index (χ4n) is 1.45. The van der Waals surface area contributed by atoms with Gasteiger partial charge in [0, 0.05) is 6.07 Å². The van der Waals surface area contributed by atoms with Crippen molar-refractivity contribution >= 4 is 23.0 Å². The first-order valence-electron chi connectivity index (χ1n) is 5.18. The van der Waals surface area contributed by atoms with Crippen LogP contribution in [0.15, 0.2) is 24.5 Å². The number of hydrogen-bond acceptors (Lipinski definition) is 6. The Labute approximate surface area is 113 Å². The molecule has 2 aromatic rings. The summed E-state index contributed by atoms with van der Waals surface area (Å²) in [5, 5.41) is 11.0. The van der Waals surface area contributed by atoms with Gasteiger partial charge in [-0.15, -0.1) is 0 Å². The molecule has 8 heteroatoms. The van der Waals surface area contributed by atoms with Crippen molar-refractivity contribution in [1.29, 1.82) is 0 Å². The number of aryl methyl sites for hydroxylation is 1. The lowest BCUT2D eigenvalue weighted by Crippen LogP contribution is -2.00. The third-order valence-corrected chi connectivity index (χ3v) is 2.69. The smallest absolute Gasteiger partial charge is 0.311 e. The SMILES string of the molecule is Cc1cccc([N+](=O)[O-])c1Oc1ncnc(Cl)c1N. The summed E-state index contributed by atoms with van der Waals surface area (Å²) in [6, 6.07) is 4.58. The number of rotatable bonds is 3. The molecule has 0 unspecified atom stereocenters. The van der Waals surface area contributed by atoms with Gasteiger partial charge in [0.05, 0.1) is 4.92 Å². The zero-order valence-electron chi connectivity index (χ0n) is 9.83. The molecule has 0 aliphatic heterocycles. The third kappa shape index (κ3) is 2.55. The maximum atomic E-state index is 11.0. The van der Waals surface area contributed by atoms with E-state index < -0.39 is 4.92 Å². The number of anilines is 1. The normalized spacial score (nSPS) is 10.2. The van der Waals surface area contributed by atoms with Crippen LogP contribution in [0.2, 0.25) is 5.15 Å². The fraction of sp³-hybridized carbons (Fsp3) is 0.0909. The predicted molar refractivity (Wildman–Crippen MR) is 69.4 cm³/mol. The van der Waals surface area contributed by atoms with Crippen LogP contribution in [0.4, 0.5) is 11.4 Å². The molecule has 2 N–H and O–H groups in total. The first-order valence-corrected chi connectivity index (χ1v) is 5.56. The molecule has 0 aliphatic carbocycles. The number of benzene rings is 1. The minimum atomic E-state index is -0.540. The van der Waals surface area contributed by atoms with E-state index in [-0.39, 0.29) is 28.2 Å². The second kappa shape index (κ2) is 5.07. The number of para-hydroxylation sites is 1. The van der Waals surface area contributed by atoms with Crippen molar-refractivity contribution in [1.82, 2.24) is 9.97 Å². The molecule has 98 valence electrons. The van der Waals surface area contributed by atoms with Crippen LogP contribution in [0.1, 0.15) is 5.56 Å². The maximum Gasteiger partial charge on any atom is 0.311 e. The van der Waals surface area contributed by atoms with E-state index in [2.05, 4.69) is 9.97 Å². The van der Waals surface area contributed by atoms with Gasteiger partial charge in [-0.3, -0.25) is 10.1 Å². The number of ether oxygens (including phenoxy) is 1. The van der Waals surface area contributed by atoms with Gasteiger partial charge < -0.3 is 10.5 Å². The van der Waals surface area contributed by atoms with Crippen LogP contribution in [0, 0.1) is 17.0 Å². The topological polar surface area (TPSA) is 104 Å². The van der Waals surface area contributed by atoms with Crippen molar-refractivity contribution in [3.05, 3.63) is 45.4 Å². The van der Waals surface area contributed by atoms with Gasteiger partial charge in [0.25, 0.3) is 0 Å². The third-order valence-electron chi connectivity index (χ3n) is 2.39. The van der Waals surface area contributed by atoms with Gasteiger partial charge in [0.2, 0.25) is 11.6 Å². The van der Waals surface area contributed by atoms with Gasteiger partial charge in [-0.1, -0.05) is 23.7 Å². The molecule has 0 spiro atoms. The first kappa shape index (κ1) is 13.0. The average Bonchev–Trinajstić information content (AvgIpc) is 2.36.